The van der Waals surface area contributed by atoms with Gasteiger partial charge in [-0.15, -0.1) is 0 Å². The number of nitrogens with zero attached hydrogens (tertiary/aromatic N) is 2. The van der Waals surface area contributed by atoms with Crippen molar-refractivity contribution in [2.75, 3.05) is 5.32 Å². The summed E-state index contributed by atoms with van der Waals surface area (Å²) in [5.41, 5.74) is 2.11. The monoisotopic (exact) mass is 331 g/mol. The molecule has 0 aliphatic carbocycles. The average molecular weight is 331 g/mol. The van der Waals surface area contributed by atoms with Crippen molar-refractivity contribution in [3.05, 3.63) is 42.2 Å². The van der Waals surface area contributed by atoms with Gasteiger partial charge >= 0.3 is 0 Å². The molecule has 23 heavy (non-hydrogen) atoms. The van der Waals surface area contributed by atoms with Crippen molar-refractivity contribution in [1.82, 2.24) is 9.55 Å². The molecule has 0 fully saturated rings. The largest absolute Gasteiger partial charge is 0.326 e. The van der Waals surface area contributed by atoms with E-state index in [1.165, 1.54) is 17.3 Å². The molecule has 1 heterocycles. The van der Waals surface area contributed by atoms with Crippen molar-refractivity contribution in [1.29, 1.82) is 0 Å². The second-order valence-corrected chi connectivity index (χ2v) is 6.95. The topological polar surface area (TPSA) is 46.9 Å². The Kier molecular flexibility index (Phi) is 6.28. The molecule has 2 rings (SSSR count). The molecule has 0 bridgehead atoms. The summed E-state index contributed by atoms with van der Waals surface area (Å²) in [7, 11) is 0. The van der Waals surface area contributed by atoms with E-state index in [1.807, 2.05) is 35.9 Å². The highest BCUT2D eigenvalue weighted by atomic mass is 32.2. The van der Waals surface area contributed by atoms with E-state index in [4.69, 9.17) is 0 Å². The molecule has 0 saturated heterocycles. The molecule has 1 amide bonds. The van der Waals surface area contributed by atoms with Crippen molar-refractivity contribution in [3.63, 3.8) is 0 Å². The number of hydrogen-bond donors (Lipinski definition) is 1. The molecular formula is C18H25N3OS. The predicted molar refractivity (Wildman–Crippen MR) is 97.0 cm³/mol. The van der Waals surface area contributed by atoms with Crippen LogP contribution in [0.25, 0.3) is 0 Å². The number of hydrogen-bond acceptors (Lipinski definition) is 3. The van der Waals surface area contributed by atoms with Crippen LogP contribution in [0.2, 0.25) is 0 Å². The molecule has 0 spiro atoms. The number of thioether (sulfide) groups is 1. The minimum Gasteiger partial charge on any atom is -0.326 e. The molecule has 0 radical (unpaired) electrons. The lowest BCUT2D eigenvalue weighted by Gasteiger charge is -2.17. The number of aromatic nitrogens is 2. The van der Waals surface area contributed by atoms with Gasteiger partial charge in [-0.05, 0) is 37.8 Å². The smallest absolute Gasteiger partial charge is 0.237 e. The Labute approximate surface area is 142 Å². The van der Waals surface area contributed by atoms with Crippen LogP contribution in [-0.4, -0.2) is 20.7 Å². The van der Waals surface area contributed by atoms with Gasteiger partial charge in [0.05, 0.1) is 5.25 Å². The number of amides is 1. The van der Waals surface area contributed by atoms with Gasteiger partial charge in [-0.1, -0.05) is 43.8 Å². The lowest BCUT2D eigenvalue weighted by molar-refractivity contribution is -0.115. The van der Waals surface area contributed by atoms with Gasteiger partial charge in [-0.3, -0.25) is 4.79 Å². The van der Waals surface area contributed by atoms with Crippen molar-refractivity contribution in [2.24, 2.45) is 0 Å². The van der Waals surface area contributed by atoms with E-state index in [9.17, 15) is 4.79 Å². The number of carbonyl (C=O) groups excluding carboxylic acids is 1. The SMILES string of the molecule is CCC(C)c1ccccc1NC(=O)C(C)Sc1nccn1CC. The first-order valence-corrected chi connectivity index (χ1v) is 9.02. The summed E-state index contributed by atoms with van der Waals surface area (Å²) in [5, 5.41) is 3.76. The van der Waals surface area contributed by atoms with Crippen LogP contribution >= 0.6 is 11.8 Å². The summed E-state index contributed by atoms with van der Waals surface area (Å²) in [5.74, 6) is 0.435. The van der Waals surface area contributed by atoms with Gasteiger partial charge in [-0.25, -0.2) is 4.98 Å². The van der Waals surface area contributed by atoms with Crippen LogP contribution in [0.4, 0.5) is 5.69 Å². The second-order valence-electron chi connectivity index (χ2n) is 5.64. The number of anilines is 1. The first kappa shape index (κ1) is 17.6. The Morgan fingerprint density at radius 2 is 2.04 bits per heavy atom. The minimum atomic E-state index is -0.201. The third-order valence-electron chi connectivity index (χ3n) is 4.03. The number of carbonyl (C=O) groups is 1. The second kappa shape index (κ2) is 8.20. The van der Waals surface area contributed by atoms with Gasteiger partial charge in [-0.2, -0.15) is 0 Å². The normalized spacial score (nSPS) is 13.6. The van der Waals surface area contributed by atoms with E-state index in [0.29, 0.717) is 5.92 Å². The molecule has 0 aliphatic rings. The number of para-hydroxylation sites is 1. The molecule has 4 nitrogen and oxygen atoms in total. The molecule has 2 aromatic rings. The number of benzene rings is 1. The van der Waals surface area contributed by atoms with Gasteiger partial charge in [0.2, 0.25) is 5.91 Å². The third kappa shape index (κ3) is 4.38. The van der Waals surface area contributed by atoms with Crippen LogP contribution in [0, 0.1) is 0 Å². The van der Waals surface area contributed by atoms with Crippen LogP contribution in [0.5, 0.6) is 0 Å². The van der Waals surface area contributed by atoms with Gasteiger partial charge in [0.15, 0.2) is 5.16 Å². The van der Waals surface area contributed by atoms with Gasteiger partial charge in [0, 0.05) is 24.6 Å². The van der Waals surface area contributed by atoms with Gasteiger partial charge in [0.25, 0.3) is 0 Å². The molecule has 1 aromatic carbocycles. The third-order valence-corrected chi connectivity index (χ3v) is 5.15. The quantitative estimate of drug-likeness (QED) is 0.758. The highest BCUT2D eigenvalue weighted by Gasteiger charge is 2.19. The molecule has 5 heteroatoms. The Balaban J connectivity index is 2.07. The summed E-state index contributed by atoms with van der Waals surface area (Å²) < 4.78 is 2.04. The van der Waals surface area contributed by atoms with Crippen LogP contribution in [0.3, 0.4) is 0 Å². The first-order chi connectivity index (χ1) is 11.1. The summed E-state index contributed by atoms with van der Waals surface area (Å²) in [4.78, 5) is 16.9. The molecule has 1 aromatic heterocycles. The maximum absolute atomic E-state index is 12.5. The molecule has 0 saturated carbocycles. The van der Waals surface area contributed by atoms with Crippen LogP contribution in [0.15, 0.2) is 41.8 Å². The molecule has 2 atom stereocenters. The van der Waals surface area contributed by atoms with E-state index in [-0.39, 0.29) is 11.2 Å². The first-order valence-electron chi connectivity index (χ1n) is 8.14. The Hall–Kier alpha value is -1.75. The molecule has 0 aliphatic heterocycles. The van der Waals surface area contributed by atoms with Crippen molar-refractivity contribution in [3.8, 4) is 0 Å². The molecule has 124 valence electrons. The van der Waals surface area contributed by atoms with Crippen LogP contribution in [0.1, 0.15) is 45.6 Å². The van der Waals surface area contributed by atoms with E-state index in [1.54, 1.807) is 6.20 Å². The number of aryl methyl sites for hydroxylation is 1. The molecule has 1 N–H and O–H groups in total. The van der Waals surface area contributed by atoms with Crippen molar-refractivity contribution < 1.29 is 4.79 Å². The molecular weight excluding hydrogens is 306 g/mol. The van der Waals surface area contributed by atoms with Gasteiger partial charge in [0.1, 0.15) is 0 Å². The zero-order valence-electron chi connectivity index (χ0n) is 14.2. The number of nitrogens with one attached hydrogen (secondary N) is 1. The van der Waals surface area contributed by atoms with Crippen LogP contribution in [-0.2, 0) is 11.3 Å². The number of rotatable bonds is 7. The van der Waals surface area contributed by atoms with Crippen molar-refractivity contribution in [2.45, 2.75) is 57.0 Å². The lowest BCUT2D eigenvalue weighted by atomic mass is 9.97. The average Bonchev–Trinajstić information content (AvgIpc) is 3.01. The van der Waals surface area contributed by atoms with E-state index >= 15 is 0 Å². The summed E-state index contributed by atoms with van der Waals surface area (Å²) in [6, 6.07) is 8.05. The van der Waals surface area contributed by atoms with Crippen LogP contribution < -0.4 is 5.32 Å². The zero-order valence-corrected chi connectivity index (χ0v) is 15.1. The standard InChI is InChI=1S/C18H25N3OS/c1-5-13(3)15-9-7-8-10-16(15)20-17(22)14(4)23-18-19-11-12-21(18)6-2/h7-14H,5-6H2,1-4H3,(H,20,22). The fourth-order valence-corrected chi connectivity index (χ4v) is 3.29. The zero-order chi connectivity index (χ0) is 16.8. The maximum atomic E-state index is 12.5. The fraction of sp³-hybridized carbons (Fsp3) is 0.444. The Morgan fingerprint density at radius 1 is 1.30 bits per heavy atom. The minimum absolute atomic E-state index is 0.0106. The Bertz CT molecular complexity index is 653. The van der Waals surface area contributed by atoms with Crippen molar-refractivity contribution >= 4 is 23.4 Å². The molecule has 2 unspecified atom stereocenters. The fourth-order valence-electron chi connectivity index (χ4n) is 2.36. The van der Waals surface area contributed by atoms with Gasteiger partial charge < -0.3 is 9.88 Å². The number of imidazole rings is 1. The summed E-state index contributed by atoms with van der Waals surface area (Å²) in [6.07, 6.45) is 4.75. The van der Waals surface area contributed by atoms with E-state index < -0.39 is 0 Å². The highest BCUT2D eigenvalue weighted by Crippen LogP contribution is 2.28. The summed E-state index contributed by atoms with van der Waals surface area (Å²) in [6.45, 7) is 9.18. The van der Waals surface area contributed by atoms with E-state index in [0.717, 1.165) is 23.8 Å². The summed E-state index contributed by atoms with van der Waals surface area (Å²) >= 11 is 1.49. The Morgan fingerprint density at radius 3 is 2.74 bits per heavy atom. The predicted octanol–water partition coefficient (Wildman–Crippen LogP) is 4.54. The lowest BCUT2D eigenvalue weighted by Crippen LogP contribution is -2.23. The maximum Gasteiger partial charge on any atom is 0.237 e. The highest BCUT2D eigenvalue weighted by molar-refractivity contribution is 8.00. The van der Waals surface area contributed by atoms with E-state index in [2.05, 4.69) is 37.1 Å².